The molecule has 0 amide bonds. The first-order valence-corrected chi connectivity index (χ1v) is 11.7. The van der Waals surface area contributed by atoms with Gasteiger partial charge in [0.05, 0.1) is 11.5 Å². The molecule has 4 aromatic carbocycles. The van der Waals surface area contributed by atoms with E-state index in [1.54, 1.807) is 18.4 Å². The Balaban J connectivity index is 1.55. The highest BCUT2D eigenvalue weighted by Gasteiger charge is 2.37. The molecule has 1 N–H and O–H groups in total. The summed E-state index contributed by atoms with van der Waals surface area (Å²) in [6.07, 6.45) is 5.29. The van der Waals surface area contributed by atoms with Crippen LogP contribution in [0, 0.1) is 0 Å². The van der Waals surface area contributed by atoms with Crippen LogP contribution in [0.25, 0.3) is 11.8 Å². The molecule has 0 heterocycles. The molecule has 5 rings (SSSR count). The average Bonchev–Trinajstić information content (AvgIpc) is 3.22. The fourth-order valence-corrected chi connectivity index (χ4v) is 4.39. The molecule has 0 bridgehead atoms. The van der Waals surface area contributed by atoms with Crippen molar-refractivity contribution in [1.29, 1.82) is 0 Å². The van der Waals surface area contributed by atoms with Gasteiger partial charge in [-0.3, -0.25) is 4.79 Å². The van der Waals surface area contributed by atoms with E-state index in [1.165, 1.54) is 0 Å². The Morgan fingerprint density at radius 2 is 1.22 bits per heavy atom. The van der Waals surface area contributed by atoms with Gasteiger partial charge >= 0.3 is 0 Å². The molecule has 36 heavy (non-hydrogen) atoms. The number of fused-ring (bicyclic) bond motifs is 1. The van der Waals surface area contributed by atoms with E-state index >= 15 is 0 Å². The van der Waals surface area contributed by atoms with Crippen molar-refractivity contribution >= 4 is 29.5 Å². The van der Waals surface area contributed by atoms with Crippen molar-refractivity contribution in [2.45, 2.75) is 5.92 Å². The van der Waals surface area contributed by atoms with Crippen LogP contribution >= 0.6 is 0 Å². The highest BCUT2D eigenvalue weighted by Crippen LogP contribution is 2.37. The van der Waals surface area contributed by atoms with Gasteiger partial charge in [-0.15, -0.1) is 5.10 Å². The highest BCUT2D eigenvalue weighted by molar-refractivity contribution is 6.37. The Hall–Kier alpha value is -4.83. The lowest BCUT2D eigenvalue weighted by molar-refractivity contribution is -0.115. The molecule has 0 fully saturated rings. The van der Waals surface area contributed by atoms with Crippen LogP contribution in [0.1, 0.15) is 33.7 Å². The molecule has 0 saturated heterocycles. The van der Waals surface area contributed by atoms with Crippen LogP contribution in [0.3, 0.4) is 0 Å². The second-order valence-electron chi connectivity index (χ2n) is 8.37. The van der Waals surface area contributed by atoms with Crippen molar-refractivity contribution < 1.29 is 9.90 Å². The Kier molecular flexibility index (Phi) is 6.77. The first-order valence-electron chi connectivity index (χ1n) is 11.7. The molecule has 1 aliphatic carbocycles. The standard InChI is InChI=1S/C32H24N2O2/c35-31-27-21-11-10-20-26(27)30(34-33-22-12-15-23-13-4-1-5-14-23)29(31)32(36)28(24-16-6-2-7-17-24)25-18-8-3-9-19-25/h1-22,28,35H/b15-12+,33-22-,34-30+. The fourth-order valence-electron chi connectivity index (χ4n) is 4.39. The molecule has 0 unspecified atom stereocenters. The first kappa shape index (κ1) is 22.9. The third-order valence-corrected chi connectivity index (χ3v) is 6.08. The minimum Gasteiger partial charge on any atom is -0.506 e. The van der Waals surface area contributed by atoms with Gasteiger partial charge in [-0.1, -0.05) is 121 Å². The predicted octanol–water partition coefficient (Wildman–Crippen LogP) is 6.86. The van der Waals surface area contributed by atoms with Crippen LogP contribution in [0.15, 0.2) is 137 Å². The lowest BCUT2D eigenvalue weighted by atomic mass is 9.83. The van der Waals surface area contributed by atoms with E-state index in [4.69, 9.17) is 0 Å². The van der Waals surface area contributed by atoms with E-state index < -0.39 is 5.92 Å². The topological polar surface area (TPSA) is 62.0 Å². The number of benzene rings is 4. The molecule has 4 nitrogen and oxygen atoms in total. The van der Waals surface area contributed by atoms with Gasteiger partial charge < -0.3 is 5.11 Å². The molecule has 0 spiro atoms. The molecule has 0 saturated carbocycles. The zero-order chi connectivity index (χ0) is 24.7. The summed E-state index contributed by atoms with van der Waals surface area (Å²) in [5, 5.41) is 19.8. The number of aliphatic hydroxyl groups excluding tert-OH is 1. The maximum Gasteiger partial charge on any atom is 0.180 e. The Labute approximate surface area is 210 Å². The summed E-state index contributed by atoms with van der Waals surface area (Å²) in [6.45, 7) is 0. The number of nitrogens with zero attached hydrogens (tertiary/aromatic N) is 2. The second kappa shape index (κ2) is 10.6. The summed E-state index contributed by atoms with van der Waals surface area (Å²) >= 11 is 0. The maximum atomic E-state index is 14.1. The zero-order valence-corrected chi connectivity index (χ0v) is 19.5. The number of rotatable bonds is 7. The van der Waals surface area contributed by atoms with E-state index in [-0.39, 0.29) is 17.1 Å². The van der Waals surface area contributed by atoms with Crippen LogP contribution in [0.5, 0.6) is 0 Å². The van der Waals surface area contributed by atoms with E-state index in [1.807, 2.05) is 115 Å². The zero-order valence-electron chi connectivity index (χ0n) is 19.5. The monoisotopic (exact) mass is 468 g/mol. The minimum absolute atomic E-state index is 0.0683. The Morgan fingerprint density at radius 1 is 0.694 bits per heavy atom. The van der Waals surface area contributed by atoms with Crippen molar-refractivity contribution in [1.82, 2.24) is 0 Å². The van der Waals surface area contributed by atoms with Crippen molar-refractivity contribution in [3.8, 4) is 0 Å². The number of hydrogen-bond donors (Lipinski definition) is 1. The van der Waals surface area contributed by atoms with E-state index in [2.05, 4.69) is 10.2 Å². The predicted molar refractivity (Wildman–Crippen MR) is 146 cm³/mol. The van der Waals surface area contributed by atoms with E-state index in [0.717, 1.165) is 16.7 Å². The molecule has 0 aromatic heterocycles. The smallest absolute Gasteiger partial charge is 0.180 e. The molecule has 4 heteroatoms. The lowest BCUT2D eigenvalue weighted by Gasteiger charge is -2.18. The Bertz CT molecular complexity index is 1450. The quantitative estimate of drug-likeness (QED) is 0.238. The van der Waals surface area contributed by atoms with Crippen molar-refractivity contribution in [3.63, 3.8) is 0 Å². The number of carbonyl (C=O) groups is 1. The first-order chi connectivity index (χ1) is 17.7. The largest absolute Gasteiger partial charge is 0.506 e. The van der Waals surface area contributed by atoms with E-state index in [9.17, 15) is 9.90 Å². The average molecular weight is 469 g/mol. The fraction of sp³-hybridized carbons (Fsp3) is 0.0312. The summed E-state index contributed by atoms with van der Waals surface area (Å²) in [6, 6.07) is 36.4. The van der Waals surface area contributed by atoms with Crippen molar-refractivity contribution in [2.75, 3.05) is 0 Å². The minimum atomic E-state index is -0.592. The van der Waals surface area contributed by atoms with Crippen LogP contribution in [-0.4, -0.2) is 22.8 Å². The highest BCUT2D eigenvalue weighted by atomic mass is 16.3. The van der Waals surface area contributed by atoms with Crippen LogP contribution in [0.2, 0.25) is 0 Å². The van der Waals surface area contributed by atoms with Crippen LogP contribution in [0.4, 0.5) is 0 Å². The maximum absolute atomic E-state index is 14.1. The van der Waals surface area contributed by atoms with Gasteiger partial charge in [-0.05, 0) is 22.8 Å². The Morgan fingerprint density at radius 3 is 1.83 bits per heavy atom. The van der Waals surface area contributed by atoms with E-state index in [0.29, 0.717) is 16.8 Å². The molecule has 4 aromatic rings. The SMILES string of the molecule is O=C(C1=C(O)c2ccccc2\C1=N/N=C\C=C\c1ccccc1)C(c1ccccc1)c1ccccc1. The van der Waals surface area contributed by atoms with Gasteiger partial charge in [0.1, 0.15) is 11.5 Å². The molecule has 0 aliphatic heterocycles. The summed E-state index contributed by atoms with van der Waals surface area (Å²) in [4.78, 5) is 14.1. The summed E-state index contributed by atoms with van der Waals surface area (Å²) in [5.74, 6) is -0.887. The van der Waals surface area contributed by atoms with Gasteiger partial charge in [0, 0.05) is 17.3 Å². The van der Waals surface area contributed by atoms with Gasteiger partial charge in [-0.25, -0.2) is 0 Å². The van der Waals surface area contributed by atoms with Gasteiger partial charge in [0.25, 0.3) is 0 Å². The summed E-state index contributed by atoms with van der Waals surface area (Å²) in [5.41, 5.74) is 4.55. The van der Waals surface area contributed by atoms with Crippen molar-refractivity contribution in [2.24, 2.45) is 10.2 Å². The van der Waals surface area contributed by atoms with Gasteiger partial charge in [0.2, 0.25) is 0 Å². The number of hydrogen-bond acceptors (Lipinski definition) is 4. The molecular weight excluding hydrogens is 444 g/mol. The third-order valence-electron chi connectivity index (χ3n) is 6.08. The lowest BCUT2D eigenvalue weighted by Crippen LogP contribution is -2.21. The normalized spacial score (nSPS) is 14.3. The molecule has 174 valence electrons. The molecule has 0 radical (unpaired) electrons. The number of ketones is 1. The summed E-state index contributed by atoms with van der Waals surface area (Å²) in [7, 11) is 0. The number of Topliss-reactive ketones (excluding diaryl/α,β-unsaturated/α-hetero) is 1. The van der Waals surface area contributed by atoms with Crippen LogP contribution in [-0.2, 0) is 4.79 Å². The second-order valence-corrected chi connectivity index (χ2v) is 8.37. The molecular formula is C32H24N2O2. The third kappa shape index (κ3) is 4.70. The number of carbonyl (C=O) groups excluding carboxylic acids is 1. The summed E-state index contributed by atoms with van der Waals surface area (Å²) < 4.78 is 0. The van der Waals surface area contributed by atoms with Gasteiger partial charge in [-0.2, -0.15) is 5.10 Å². The molecule has 0 atom stereocenters. The number of allylic oxidation sites excluding steroid dienone is 2. The number of aliphatic hydroxyl groups is 1. The van der Waals surface area contributed by atoms with Crippen molar-refractivity contribution in [3.05, 3.63) is 155 Å². The van der Waals surface area contributed by atoms with Crippen LogP contribution < -0.4 is 0 Å². The molecule has 1 aliphatic rings. The van der Waals surface area contributed by atoms with Gasteiger partial charge in [0.15, 0.2) is 5.78 Å².